The van der Waals surface area contributed by atoms with E-state index in [0.29, 0.717) is 11.4 Å². The molecule has 0 saturated carbocycles. The smallest absolute Gasteiger partial charge is 0.333 e. The largest absolute Gasteiger partial charge is 0.492 e. The van der Waals surface area contributed by atoms with E-state index in [-0.39, 0.29) is 5.75 Å². The highest BCUT2D eigenvalue weighted by atomic mass is 16.5. The first-order chi connectivity index (χ1) is 11.9. The maximum atomic E-state index is 12.1. The molecule has 0 amide bonds. The fourth-order valence-corrected chi connectivity index (χ4v) is 2.52. The Morgan fingerprint density at radius 2 is 1.28 bits per heavy atom. The highest BCUT2D eigenvalue weighted by molar-refractivity contribution is 5.61. The Morgan fingerprint density at radius 3 is 1.64 bits per heavy atom. The van der Waals surface area contributed by atoms with Crippen LogP contribution in [0.4, 0.5) is 0 Å². The van der Waals surface area contributed by atoms with Crippen LogP contribution in [0.15, 0.2) is 55.8 Å². The molecule has 2 aromatic heterocycles. The second kappa shape index (κ2) is 6.11. The minimum atomic E-state index is -0.642. The second-order valence-corrected chi connectivity index (χ2v) is 5.30. The summed E-state index contributed by atoms with van der Waals surface area (Å²) in [6, 6.07) is 5.77. The lowest BCUT2D eigenvalue weighted by molar-refractivity contribution is 0.409. The number of benzene rings is 1. The maximum absolute atomic E-state index is 12.1. The lowest BCUT2D eigenvalue weighted by atomic mass is 10.1. The van der Waals surface area contributed by atoms with Crippen LogP contribution in [0.3, 0.4) is 0 Å². The van der Waals surface area contributed by atoms with E-state index >= 15 is 0 Å². The third-order valence-electron chi connectivity index (χ3n) is 3.57. The molecule has 128 valence electrons. The fraction of sp³-hybridized carbons (Fsp3) is 0.125. The van der Waals surface area contributed by atoms with Crippen LogP contribution in [0.5, 0.6) is 5.75 Å². The Balaban J connectivity index is 2.37. The zero-order chi connectivity index (χ0) is 18.1. The minimum Gasteiger partial charge on any atom is -0.492 e. The van der Waals surface area contributed by atoms with Gasteiger partial charge in [-0.2, -0.15) is 0 Å². The number of nitrogens with zero attached hydrogens (tertiary/aromatic N) is 2. The summed E-state index contributed by atoms with van der Waals surface area (Å²) in [4.78, 5) is 51.1. The van der Waals surface area contributed by atoms with Crippen molar-refractivity contribution < 1.29 is 4.74 Å². The van der Waals surface area contributed by atoms with Gasteiger partial charge in [-0.05, 0) is 24.6 Å². The fourth-order valence-electron chi connectivity index (χ4n) is 2.52. The number of aromatic amines is 2. The normalized spacial score (nSPS) is 10.6. The van der Waals surface area contributed by atoms with E-state index in [4.69, 9.17) is 4.74 Å². The van der Waals surface area contributed by atoms with Gasteiger partial charge in [-0.25, -0.2) is 9.59 Å². The van der Waals surface area contributed by atoms with E-state index in [9.17, 15) is 19.2 Å². The number of H-pyrrole nitrogens is 2. The van der Waals surface area contributed by atoms with Gasteiger partial charge in [0.15, 0.2) is 5.75 Å². The van der Waals surface area contributed by atoms with E-state index in [1.807, 2.05) is 0 Å². The molecule has 0 aliphatic heterocycles. The van der Waals surface area contributed by atoms with Crippen molar-refractivity contribution in [3.8, 4) is 17.1 Å². The minimum absolute atomic E-state index is 0.230. The zero-order valence-corrected chi connectivity index (χ0v) is 13.4. The first-order valence-electron chi connectivity index (χ1n) is 7.24. The predicted molar refractivity (Wildman–Crippen MR) is 90.2 cm³/mol. The number of hydrogen-bond acceptors (Lipinski definition) is 5. The van der Waals surface area contributed by atoms with Gasteiger partial charge < -0.3 is 4.74 Å². The molecule has 9 heteroatoms. The van der Waals surface area contributed by atoms with E-state index in [1.54, 1.807) is 19.1 Å². The molecule has 0 fully saturated rings. The van der Waals surface area contributed by atoms with Crippen LogP contribution in [0, 0.1) is 6.92 Å². The molecule has 9 nitrogen and oxygen atoms in total. The molecule has 0 bridgehead atoms. The number of nitrogens with one attached hydrogen (secondary N) is 2. The summed E-state index contributed by atoms with van der Waals surface area (Å²) in [5.74, 6) is 0.230. The van der Waals surface area contributed by atoms with Crippen molar-refractivity contribution in [1.29, 1.82) is 0 Å². The highest BCUT2D eigenvalue weighted by Crippen LogP contribution is 2.30. The Morgan fingerprint density at radius 1 is 0.840 bits per heavy atom. The van der Waals surface area contributed by atoms with Crippen LogP contribution in [0.2, 0.25) is 0 Å². The van der Waals surface area contributed by atoms with Crippen LogP contribution >= 0.6 is 0 Å². The summed E-state index contributed by atoms with van der Waals surface area (Å²) in [5.41, 5.74) is -0.905. The standard InChI is InChI=1S/C16H14N4O5/c1-9-7-10(19-5-3-12(21)17-15(19)23)14(25-2)11(8-9)20-6-4-13(22)18-16(20)24/h3-8H,1-2H3,(H,17,21,23)(H,18,22,24). The second-order valence-electron chi connectivity index (χ2n) is 5.30. The number of ether oxygens (including phenoxy) is 1. The van der Waals surface area contributed by atoms with Gasteiger partial charge in [-0.15, -0.1) is 0 Å². The van der Waals surface area contributed by atoms with Gasteiger partial charge in [0, 0.05) is 24.5 Å². The molecule has 0 aliphatic carbocycles. The summed E-state index contributed by atoms with van der Waals surface area (Å²) in [6.07, 6.45) is 2.63. The van der Waals surface area contributed by atoms with Crippen molar-refractivity contribution in [2.75, 3.05) is 7.11 Å². The number of aromatic nitrogens is 4. The molecule has 3 aromatic rings. The SMILES string of the molecule is COc1c(-n2ccc(=O)[nH]c2=O)cc(C)cc1-n1ccc(=O)[nH]c1=O. The Kier molecular flexibility index (Phi) is 3.97. The third kappa shape index (κ3) is 2.94. The van der Waals surface area contributed by atoms with Crippen molar-refractivity contribution in [2.24, 2.45) is 0 Å². The van der Waals surface area contributed by atoms with Gasteiger partial charge in [0.05, 0.1) is 18.5 Å². The molecule has 0 atom stereocenters. The number of methoxy groups -OCH3 is 1. The van der Waals surface area contributed by atoms with Crippen molar-refractivity contribution in [2.45, 2.75) is 6.92 Å². The number of hydrogen-bond donors (Lipinski definition) is 2. The Labute approximate surface area is 139 Å². The monoisotopic (exact) mass is 342 g/mol. The number of rotatable bonds is 3. The number of aryl methyl sites for hydroxylation is 1. The summed E-state index contributed by atoms with van der Waals surface area (Å²) < 4.78 is 7.81. The van der Waals surface area contributed by atoms with Gasteiger partial charge in [0.1, 0.15) is 0 Å². The third-order valence-corrected chi connectivity index (χ3v) is 3.57. The van der Waals surface area contributed by atoms with Crippen LogP contribution in [0.25, 0.3) is 11.4 Å². The molecule has 0 radical (unpaired) electrons. The topological polar surface area (TPSA) is 119 Å². The summed E-state index contributed by atoms with van der Waals surface area (Å²) in [5, 5.41) is 0. The van der Waals surface area contributed by atoms with Crippen LogP contribution in [-0.4, -0.2) is 26.2 Å². The summed E-state index contributed by atoms with van der Waals surface area (Å²) in [7, 11) is 1.39. The van der Waals surface area contributed by atoms with E-state index in [2.05, 4.69) is 9.97 Å². The van der Waals surface area contributed by atoms with Crippen molar-refractivity contribution in [3.63, 3.8) is 0 Å². The quantitative estimate of drug-likeness (QED) is 0.676. The van der Waals surface area contributed by atoms with Crippen molar-refractivity contribution in [1.82, 2.24) is 19.1 Å². The van der Waals surface area contributed by atoms with Gasteiger partial charge in [0.2, 0.25) is 0 Å². The molecule has 2 heterocycles. The average molecular weight is 342 g/mol. The first kappa shape index (κ1) is 16.2. The molecule has 0 saturated heterocycles. The lowest BCUT2D eigenvalue weighted by Crippen LogP contribution is -2.29. The molecular formula is C16H14N4O5. The molecule has 2 N–H and O–H groups in total. The molecule has 25 heavy (non-hydrogen) atoms. The van der Waals surface area contributed by atoms with Gasteiger partial charge >= 0.3 is 11.4 Å². The van der Waals surface area contributed by atoms with Gasteiger partial charge in [-0.1, -0.05) is 0 Å². The van der Waals surface area contributed by atoms with Gasteiger partial charge in [0.25, 0.3) is 11.1 Å². The maximum Gasteiger partial charge on any atom is 0.333 e. The summed E-state index contributed by atoms with van der Waals surface area (Å²) >= 11 is 0. The van der Waals surface area contributed by atoms with E-state index in [0.717, 1.165) is 5.56 Å². The summed E-state index contributed by atoms with van der Waals surface area (Å²) in [6.45, 7) is 1.78. The zero-order valence-electron chi connectivity index (χ0n) is 13.4. The van der Waals surface area contributed by atoms with E-state index < -0.39 is 22.5 Å². The van der Waals surface area contributed by atoms with Gasteiger partial charge in [-0.3, -0.25) is 28.7 Å². The lowest BCUT2D eigenvalue weighted by Gasteiger charge is -2.17. The molecule has 3 rings (SSSR count). The highest BCUT2D eigenvalue weighted by Gasteiger charge is 2.16. The molecule has 0 unspecified atom stereocenters. The van der Waals surface area contributed by atoms with E-state index in [1.165, 1.54) is 40.8 Å². The van der Waals surface area contributed by atoms with Crippen LogP contribution in [-0.2, 0) is 0 Å². The predicted octanol–water partition coefficient (Wildman–Crippen LogP) is -0.318. The first-order valence-corrected chi connectivity index (χ1v) is 7.24. The molecular weight excluding hydrogens is 328 g/mol. The molecule has 0 aliphatic rings. The molecule has 0 spiro atoms. The Bertz CT molecular complexity index is 1090. The Hall–Kier alpha value is -3.62. The molecule has 1 aromatic carbocycles. The van der Waals surface area contributed by atoms with Crippen molar-refractivity contribution in [3.05, 3.63) is 83.9 Å². The van der Waals surface area contributed by atoms with Crippen molar-refractivity contribution >= 4 is 0 Å². The van der Waals surface area contributed by atoms with Crippen LogP contribution in [0.1, 0.15) is 5.56 Å². The van der Waals surface area contributed by atoms with Crippen LogP contribution < -0.4 is 27.2 Å². The average Bonchev–Trinajstić information content (AvgIpc) is 2.54.